The zero-order chi connectivity index (χ0) is 29.1. The zero-order valence-corrected chi connectivity index (χ0v) is 24.2. The second-order valence-corrected chi connectivity index (χ2v) is 11.0. The van der Waals surface area contributed by atoms with Crippen LogP contribution in [0.4, 0.5) is 0 Å². The molecule has 1 aromatic heterocycles. The highest BCUT2D eigenvalue weighted by atomic mass is 16.4. The fraction of sp³-hybridized carbons (Fsp3) is 0.517. The molecule has 9 heteroatoms. The number of rotatable bonds is 10. The summed E-state index contributed by atoms with van der Waals surface area (Å²) in [4.78, 5) is 54.1. The molecule has 2 N–H and O–H groups in total. The lowest BCUT2D eigenvalue weighted by atomic mass is 9.76. The Morgan fingerprint density at radius 2 is 1.61 bits per heavy atom. The summed E-state index contributed by atoms with van der Waals surface area (Å²) in [5.41, 5.74) is 1.24. The quantitative estimate of drug-likeness (QED) is 0.462. The molecule has 0 bridgehead atoms. The number of amides is 3. The molecule has 0 fully saturated rings. The number of aryl methyl sites for hydroxylation is 1. The Labute approximate surface area is 225 Å². The Balaban J connectivity index is 2.48. The number of carbonyl (C=O) groups is 4. The van der Waals surface area contributed by atoms with E-state index in [0.29, 0.717) is 0 Å². The predicted molar refractivity (Wildman–Crippen MR) is 149 cm³/mol. The number of carboxylic acids is 1. The van der Waals surface area contributed by atoms with Crippen molar-refractivity contribution in [3.8, 4) is 0 Å². The molecular formula is C29H42N4O5. The van der Waals surface area contributed by atoms with Crippen molar-refractivity contribution in [2.24, 2.45) is 13.0 Å². The van der Waals surface area contributed by atoms with Gasteiger partial charge in [0.15, 0.2) is 0 Å². The summed E-state index contributed by atoms with van der Waals surface area (Å²) in [5, 5.41) is 13.1. The van der Waals surface area contributed by atoms with Crippen LogP contribution < -0.4 is 5.32 Å². The van der Waals surface area contributed by atoms with Crippen molar-refractivity contribution in [2.45, 2.75) is 72.0 Å². The summed E-state index contributed by atoms with van der Waals surface area (Å²) in [5.74, 6) is -2.37. The first kappa shape index (κ1) is 30.6. The monoisotopic (exact) mass is 526 g/mol. The highest BCUT2D eigenvalue weighted by Crippen LogP contribution is 2.36. The molecule has 3 atom stereocenters. The van der Waals surface area contributed by atoms with Crippen LogP contribution in [0.15, 0.2) is 42.1 Å². The molecule has 3 amide bonds. The maximum Gasteiger partial charge on any atom is 0.331 e. The van der Waals surface area contributed by atoms with E-state index >= 15 is 0 Å². The predicted octanol–water partition coefficient (Wildman–Crippen LogP) is 3.32. The SMILES string of the molecule is CC(=O)N(C)[C@H](C(=O)N[C@H](C(=O)N(C)[C@H](C)C=C(C)C(=O)O)C(C)C)C(C)(C)c1cn(C)c2ccccc12. The number of likely N-dealkylation sites (N-methyl/N-ethyl adjacent to an activating group) is 2. The van der Waals surface area contributed by atoms with Crippen LogP contribution in [0.25, 0.3) is 10.9 Å². The van der Waals surface area contributed by atoms with E-state index in [1.165, 1.54) is 29.7 Å². The van der Waals surface area contributed by atoms with E-state index in [-0.39, 0.29) is 23.3 Å². The van der Waals surface area contributed by atoms with Crippen LogP contribution in [0.1, 0.15) is 54.0 Å². The first-order valence-electron chi connectivity index (χ1n) is 12.8. The van der Waals surface area contributed by atoms with Crippen molar-refractivity contribution in [1.82, 2.24) is 19.7 Å². The van der Waals surface area contributed by atoms with E-state index in [0.717, 1.165) is 16.5 Å². The third-order valence-electron chi connectivity index (χ3n) is 7.42. The van der Waals surface area contributed by atoms with Crippen LogP contribution in [0.2, 0.25) is 0 Å². The fourth-order valence-electron chi connectivity index (χ4n) is 4.88. The first-order valence-corrected chi connectivity index (χ1v) is 12.8. The first-order chi connectivity index (χ1) is 17.5. The van der Waals surface area contributed by atoms with E-state index in [1.54, 1.807) is 21.0 Å². The van der Waals surface area contributed by atoms with Gasteiger partial charge in [0.1, 0.15) is 12.1 Å². The number of fused-ring (bicyclic) bond motifs is 1. The van der Waals surface area contributed by atoms with Crippen molar-refractivity contribution in [3.63, 3.8) is 0 Å². The molecule has 0 saturated carbocycles. The van der Waals surface area contributed by atoms with E-state index in [4.69, 9.17) is 0 Å². The average molecular weight is 527 g/mol. The van der Waals surface area contributed by atoms with Gasteiger partial charge in [-0.3, -0.25) is 14.4 Å². The summed E-state index contributed by atoms with van der Waals surface area (Å²) >= 11 is 0. The summed E-state index contributed by atoms with van der Waals surface area (Å²) in [6.07, 6.45) is 3.48. The van der Waals surface area contributed by atoms with Gasteiger partial charge >= 0.3 is 5.97 Å². The second-order valence-electron chi connectivity index (χ2n) is 11.0. The lowest BCUT2D eigenvalue weighted by Gasteiger charge is -2.40. The molecule has 0 unspecified atom stereocenters. The molecule has 9 nitrogen and oxygen atoms in total. The topological polar surface area (TPSA) is 112 Å². The van der Waals surface area contributed by atoms with Crippen molar-refractivity contribution in [3.05, 3.63) is 47.7 Å². The number of para-hydroxylation sites is 1. The second kappa shape index (κ2) is 11.8. The fourth-order valence-corrected chi connectivity index (χ4v) is 4.88. The summed E-state index contributed by atoms with van der Waals surface area (Å²) in [7, 11) is 5.12. The van der Waals surface area contributed by atoms with Crippen molar-refractivity contribution < 1.29 is 24.3 Å². The minimum Gasteiger partial charge on any atom is -0.478 e. The van der Waals surface area contributed by atoms with E-state index in [9.17, 15) is 24.3 Å². The van der Waals surface area contributed by atoms with Crippen LogP contribution in [0.5, 0.6) is 0 Å². The lowest BCUT2D eigenvalue weighted by Crippen LogP contribution is -2.61. The number of nitrogens with one attached hydrogen (secondary N) is 1. The smallest absolute Gasteiger partial charge is 0.331 e. The van der Waals surface area contributed by atoms with E-state index in [2.05, 4.69) is 5.32 Å². The van der Waals surface area contributed by atoms with Crippen LogP contribution in [-0.4, -0.2) is 75.4 Å². The standard InChI is InChI=1S/C29H42N4O5/c1-17(2)24(27(36)32(9)19(4)15-18(3)28(37)38)30-26(35)25(33(10)20(5)34)29(6,7)22-16-31(8)23-14-12-11-13-21(22)23/h11-17,19,24-25H,1-10H3,(H,30,35)(H,37,38)/t19-,24+,25-/m1/s1. The van der Waals surface area contributed by atoms with Crippen molar-refractivity contribution in [2.75, 3.05) is 14.1 Å². The average Bonchev–Trinajstić information content (AvgIpc) is 3.18. The third-order valence-corrected chi connectivity index (χ3v) is 7.42. The maximum absolute atomic E-state index is 14.0. The largest absolute Gasteiger partial charge is 0.478 e. The molecule has 38 heavy (non-hydrogen) atoms. The van der Waals surface area contributed by atoms with Gasteiger partial charge in [0.2, 0.25) is 17.7 Å². The molecule has 208 valence electrons. The number of benzene rings is 1. The maximum atomic E-state index is 14.0. The molecule has 0 aliphatic rings. The Morgan fingerprint density at radius 3 is 2.13 bits per heavy atom. The van der Waals surface area contributed by atoms with Gasteiger partial charge in [0.05, 0.1) is 0 Å². The van der Waals surface area contributed by atoms with Gasteiger partial charge < -0.3 is 24.8 Å². The van der Waals surface area contributed by atoms with Crippen molar-refractivity contribution >= 4 is 34.6 Å². The number of carboxylic acid groups (broad SMARTS) is 1. The molecule has 0 spiro atoms. The Morgan fingerprint density at radius 1 is 1.03 bits per heavy atom. The van der Waals surface area contributed by atoms with Gasteiger partial charge in [-0.05, 0) is 31.4 Å². The minimum atomic E-state index is -1.06. The van der Waals surface area contributed by atoms with Gasteiger partial charge in [-0.2, -0.15) is 0 Å². The van der Waals surface area contributed by atoms with Gasteiger partial charge in [-0.25, -0.2) is 4.79 Å². The molecule has 0 radical (unpaired) electrons. The molecule has 1 aromatic carbocycles. The molecule has 2 rings (SSSR count). The van der Waals surface area contributed by atoms with Gasteiger partial charge in [0, 0.05) is 62.2 Å². The number of carbonyl (C=O) groups excluding carboxylic acids is 3. The van der Waals surface area contributed by atoms with Crippen LogP contribution in [-0.2, 0) is 31.6 Å². The zero-order valence-electron chi connectivity index (χ0n) is 24.2. The molecule has 2 aromatic rings. The van der Waals surface area contributed by atoms with Crippen LogP contribution in [0, 0.1) is 5.92 Å². The molecule has 1 heterocycles. The number of nitrogens with zero attached hydrogens (tertiary/aromatic N) is 3. The molecule has 0 aliphatic heterocycles. The lowest BCUT2D eigenvalue weighted by molar-refractivity contribution is -0.143. The van der Waals surface area contributed by atoms with Crippen LogP contribution in [0.3, 0.4) is 0 Å². The van der Waals surface area contributed by atoms with E-state index in [1.807, 2.05) is 69.8 Å². The number of hydrogen-bond donors (Lipinski definition) is 2. The summed E-state index contributed by atoms with van der Waals surface area (Å²) in [6.45, 7) is 12.1. The highest BCUT2D eigenvalue weighted by Gasteiger charge is 2.43. The Hall–Kier alpha value is -3.62. The Kier molecular flexibility index (Phi) is 9.53. The summed E-state index contributed by atoms with van der Waals surface area (Å²) < 4.78 is 2.00. The van der Waals surface area contributed by atoms with Gasteiger partial charge in [-0.1, -0.05) is 52.0 Å². The normalized spacial score (nSPS) is 14.7. The molecule has 0 saturated heterocycles. The van der Waals surface area contributed by atoms with Crippen LogP contribution >= 0.6 is 0 Å². The minimum absolute atomic E-state index is 0.127. The molecular weight excluding hydrogens is 484 g/mol. The van der Waals surface area contributed by atoms with E-state index < -0.39 is 35.4 Å². The summed E-state index contributed by atoms with van der Waals surface area (Å²) in [6, 6.07) is 5.61. The van der Waals surface area contributed by atoms with Gasteiger partial charge in [0.25, 0.3) is 0 Å². The highest BCUT2D eigenvalue weighted by molar-refractivity contribution is 5.94. The van der Waals surface area contributed by atoms with Gasteiger partial charge in [-0.15, -0.1) is 0 Å². The number of aromatic nitrogens is 1. The molecule has 0 aliphatic carbocycles. The third kappa shape index (κ3) is 6.26. The number of hydrogen-bond acceptors (Lipinski definition) is 4. The number of aliphatic carboxylic acids is 1. The van der Waals surface area contributed by atoms with Crippen molar-refractivity contribution in [1.29, 1.82) is 0 Å². The Bertz CT molecular complexity index is 1240.